The molecule has 1 aliphatic rings. The van der Waals surface area contributed by atoms with Gasteiger partial charge in [0.1, 0.15) is 0 Å². The van der Waals surface area contributed by atoms with E-state index >= 15 is 0 Å². The van der Waals surface area contributed by atoms with Crippen LogP contribution in [0.5, 0.6) is 0 Å². The van der Waals surface area contributed by atoms with Crippen molar-refractivity contribution in [2.45, 2.75) is 23.8 Å². The molecule has 0 spiro atoms. The van der Waals surface area contributed by atoms with E-state index in [1.165, 1.54) is 35.7 Å². The Morgan fingerprint density at radius 3 is 2.70 bits per heavy atom. The summed E-state index contributed by atoms with van der Waals surface area (Å²) in [5.74, 6) is -0.581. The third-order valence-electron chi connectivity index (χ3n) is 3.14. The Bertz CT molecular complexity index is 595. The molecule has 0 bridgehead atoms. The molecule has 1 aliphatic carbocycles. The first-order valence-corrected chi connectivity index (χ1v) is 7.76. The number of esters is 1. The Hall–Kier alpha value is -1.44. The highest BCUT2D eigenvalue weighted by molar-refractivity contribution is 7.89. The normalized spacial score (nSPS) is 15.3. The monoisotopic (exact) mass is 299 g/mol. The summed E-state index contributed by atoms with van der Waals surface area (Å²) in [6, 6.07) is 5.69. The van der Waals surface area contributed by atoms with E-state index in [1.807, 2.05) is 0 Å². The highest BCUT2D eigenvalue weighted by atomic mass is 32.2. The van der Waals surface area contributed by atoms with Crippen molar-refractivity contribution in [1.82, 2.24) is 4.31 Å². The SMILES string of the molecule is COC(=O)c1cccc(S(=O)(=O)N(CCO)C2CC2)c1. The van der Waals surface area contributed by atoms with Crippen LogP contribution in [0.25, 0.3) is 0 Å². The van der Waals surface area contributed by atoms with Gasteiger partial charge in [-0.1, -0.05) is 6.07 Å². The van der Waals surface area contributed by atoms with Crippen molar-refractivity contribution in [3.8, 4) is 0 Å². The lowest BCUT2D eigenvalue weighted by atomic mass is 10.2. The van der Waals surface area contributed by atoms with E-state index in [2.05, 4.69) is 4.74 Å². The number of nitrogens with zero attached hydrogens (tertiary/aromatic N) is 1. The molecule has 0 atom stereocenters. The lowest BCUT2D eigenvalue weighted by Crippen LogP contribution is -2.35. The maximum Gasteiger partial charge on any atom is 0.337 e. The van der Waals surface area contributed by atoms with E-state index in [9.17, 15) is 13.2 Å². The van der Waals surface area contributed by atoms with E-state index in [0.717, 1.165) is 12.8 Å². The van der Waals surface area contributed by atoms with Gasteiger partial charge in [0, 0.05) is 12.6 Å². The summed E-state index contributed by atoms with van der Waals surface area (Å²) < 4.78 is 30.9. The number of carbonyl (C=O) groups is 1. The lowest BCUT2D eigenvalue weighted by Gasteiger charge is -2.21. The number of ether oxygens (including phenoxy) is 1. The van der Waals surface area contributed by atoms with Gasteiger partial charge in [0.15, 0.2) is 0 Å². The minimum absolute atomic E-state index is 0.0424. The number of methoxy groups -OCH3 is 1. The van der Waals surface area contributed by atoms with Crippen LogP contribution in [-0.4, -0.2) is 50.1 Å². The molecule has 110 valence electrons. The molecule has 1 N–H and O–H groups in total. The van der Waals surface area contributed by atoms with Crippen molar-refractivity contribution >= 4 is 16.0 Å². The first-order valence-electron chi connectivity index (χ1n) is 6.32. The van der Waals surface area contributed by atoms with Gasteiger partial charge in [-0.2, -0.15) is 4.31 Å². The fraction of sp³-hybridized carbons (Fsp3) is 0.462. The molecule has 1 fully saturated rings. The van der Waals surface area contributed by atoms with Crippen LogP contribution < -0.4 is 0 Å². The number of hydrogen-bond donors (Lipinski definition) is 1. The number of aliphatic hydroxyl groups is 1. The highest BCUT2D eigenvalue weighted by Gasteiger charge is 2.37. The van der Waals surface area contributed by atoms with Crippen molar-refractivity contribution in [1.29, 1.82) is 0 Å². The Morgan fingerprint density at radius 2 is 2.15 bits per heavy atom. The first kappa shape index (κ1) is 15.0. The molecule has 2 rings (SSSR count). The van der Waals surface area contributed by atoms with E-state index in [1.54, 1.807) is 0 Å². The quantitative estimate of drug-likeness (QED) is 0.778. The fourth-order valence-corrected chi connectivity index (χ4v) is 3.72. The van der Waals surface area contributed by atoms with Crippen molar-refractivity contribution in [3.05, 3.63) is 29.8 Å². The second kappa shape index (κ2) is 5.90. The van der Waals surface area contributed by atoms with E-state index in [4.69, 9.17) is 5.11 Å². The van der Waals surface area contributed by atoms with Gasteiger partial charge in [-0.25, -0.2) is 13.2 Å². The highest BCUT2D eigenvalue weighted by Crippen LogP contribution is 2.31. The molecule has 0 unspecified atom stereocenters. The number of hydrogen-bond acceptors (Lipinski definition) is 5. The van der Waals surface area contributed by atoms with Crippen molar-refractivity contribution in [3.63, 3.8) is 0 Å². The second-order valence-corrected chi connectivity index (χ2v) is 6.48. The van der Waals surface area contributed by atoms with Crippen molar-refractivity contribution in [2.75, 3.05) is 20.3 Å². The van der Waals surface area contributed by atoms with Crippen LogP contribution in [0.1, 0.15) is 23.2 Å². The summed E-state index contributed by atoms with van der Waals surface area (Å²) in [5.41, 5.74) is 0.188. The van der Waals surface area contributed by atoms with Crippen LogP contribution in [0.3, 0.4) is 0 Å². The van der Waals surface area contributed by atoms with E-state index < -0.39 is 16.0 Å². The summed E-state index contributed by atoms with van der Waals surface area (Å²) in [6.07, 6.45) is 1.60. The number of carbonyl (C=O) groups excluding carboxylic acids is 1. The number of sulfonamides is 1. The Morgan fingerprint density at radius 1 is 1.45 bits per heavy atom. The van der Waals surface area contributed by atoms with Crippen LogP contribution in [0.15, 0.2) is 29.2 Å². The molecule has 0 aromatic heterocycles. The molecular formula is C13H17NO5S. The number of benzene rings is 1. The molecule has 1 aromatic rings. The third-order valence-corrected chi connectivity index (χ3v) is 5.08. The van der Waals surface area contributed by atoms with Crippen LogP contribution in [0.4, 0.5) is 0 Å². The smallest absolute Gasteiger partial charge is 0.337 e. The summed E-state index contributed by atoms with van der Waals surface area (Å²) >= 11 is 0. The fourth-order valence-electron chi connectivity index (χ4n) is 2.00. The van der Waals surface area contributed by atoms with Gasteiger partial charge in [0.25, 0.3) is 0 Å². The maximum atomic E-state index is 12.5. The van der Waals surface area contributed by atoms with Gasteiger partial charge < -0.3 is 9.84 Å². The summed E-state index contributed by atoms with van der Waals surface area (Å²) in [4.78, 5) is 11.5. The minimum Gasteiger partial charge on any atom is -0.465 e. The summed E-state index contributed by atoms with van der Waals surface area (Å²) in [6.45, 7) is -0.165. The van der Waals surface area contributed by atoms with Crippen LogP contribution >= 0.6 is 0 Å². The molecule has 6 nitrogen and oxygen atoms in total. The van der Waals surface area contributed by atoms with Crippen LogP contribution in [0, 0.1) is 0 Å². The van der Waals surface area contributed by atoms with Gasteiger partial charge in [-0.15, -0.1) is 0 Å². The van der Waals surface area contributed by atoms with Gasteiger partial charge in [0.2, 0.25) is 10.0 Å². The van der Waals surface area contributed by atoms with Gasteiger partial charge >= 0.3 is 5.97 Å². The number of rotatable bonds is 6. The Labute approximate surface area is 118 Å². The largest absolute Gasteiger partial charge is 0.465 e. The molecule has 0 heterocycles. The third kappa shape index (κ3) is 3.00. The molecule has 20 heavy (non-hydrogen) atoms. The molecular weight excluding hydrogens is 282 g/mol. The summed E-state index contributed by atoms with van der Waals surface area (Å²) in [5, 5.41) is 9.02. The van der Waals surface area contributed by atoms with Crippen molar-refractivity contribution < 1.29 is 23.1 Å². The lowest BCUT2D eigenvalue weighted by molar-refractivity contribution is 0.0600. The standard InChI is InChI=1S/C13H17NO5S/c1-19-13(16)10-3-2-4-12(9-10)20(17,18)14(7-8-15)11-5-6-11/h2-4,9,11,15H,5-8H2,1H3. The van der Waals surface area contributed by atoms with Crippen molar-refractivity contribution in [2.24, 2.45) is 0 Å². The predicted molar refractivity (Wildman–Crippen MR) is 71.8 cm³/mol. The zero-order valence-electron chi connectivity index (χ0n) is 11.2. The molecule has 0 amide bonds. The van der Waals surface area contributed by atoms with Crippen LogP contribution in [-0.2, 0) is 14.8 Å². The summed E-state index contributed by atoms with van der Waals surface area (Å²) in [7, 11) is -2.46. The van der Waals surface area contributed by atoms with Gasteiger partial charge in [-0.05, 0) is 31.0 Å². The van der Waals surface area contributed by atoms with Gasteiger partial charge in [-0.3, -0.25) is 0 Å². The zero-order valence-corrected chi connectivity index (χ0v) is 12.0. The molecule has 7 heteroatoms. The van der Waals surface area contributed by atoms with Crippen LogP contribution in [0.2, 0.25) is 0 Å². The molecule has 0 saturated heterocycles. The average Bonchev–Trinajstić information content (AvgIpc) is 3.28. The Kier molecular flexibility index (Phi) is 4.42. The zero-order chi connectivity index (χ0) is 14.8. The second-order valence-electron chi connectivity index (χ2n) is 4.59. The topological polar surface area (TPSA) is 83.9 Å². The molecule has 0 aliphatic heterocycles. The van der Waals surface area contributed by atoms with E-state index in [0.29, 0.717) is 0 Å². The molecule has 0 radical (unpaired) electrons. The number of aliphatic hydroxyl groups excluding tert-OH is 1. The van der Waals surface area contributed by atoms with Gasteiger partial charge in [0.05, 0.1) is 24.2 Å². The average molecular weight is 299 g/mol. The molecule has 1 saturated carbocycles. The Balaban J connectivity index is 2.35. The molecule has 1 aromatic carbocycles. The maximum absolute atomic E-state index is 12.5. The first-order chi connectivity index (χ1) is 9.50. The minimum atomic E-state index is -3.70. The van der Waals surface area contributed by atoms with E-state index in [-0.39, 0.29) is 29.7 Å². The predicted octanol–water partition coefficient (Wildman–Crippen LogP) is 0.619.